The highest BCUT2D eigenvalue weighted by Gasteiger charge is 2.50. The monoisotopic (exact) mass is 227 g/mol. The lowest BCUT2D eigenvalue weighted by atomic mass is 9.48. The van der Waals surface area contributed by atoms with Gasteiger partial charge in [-0.05, 0) is 85.8 Å². The van der Waals surface area contributed by atoms with Crippen LogP contribution in [0.25, 0.3) is 0 Å². The molecular formula is C16H21N. The van der Waals surface area contributed by atoms with Crippen molar-refractivity contribution in [3.05, 3.63) is 30.1 Å². The molecule has 0 radical (unpaired) electrons. The second-order valence-corrected chi connectivity index (χ2v) is 6.95. The highest BCUT2D eigenvalue weighted by atomic mass is 14.6. The van der Waals surface area contributed by atoms with Gasteiger partial charge >= 0.3 is 0 Å². The summed E-state index contributed by atoms with van der Waals surface area (Å²) in [5.74, 6) is 3.22. The molecule has 4 bridgehead atoms. The predicted octanol–water partition coefficient (Wildman–Crippen LogP) is 3.84. The Morgan fingerprint density at radius 2 is 1.47 bits per heavy atom. The van der Waals surface area contributed by atoms with Crippen LogP contribution in [0.5, 0.6) is 0 Å². The molecule has 90 valence electrons. The summed E-state index contributed by atoms with van der Waals surface area (Å²) in [6, 6.07) is 4.44. The summed E-state index contributed by atoms with van der Waals surface area (Å²) < 4.78 is 0. The van der Waals surface area contributed by atoms with Gasteiger partial charge in [-0.1, -0.05) is 0 Å². The normalized spacial score (nSPS) is 42.9. The molecule has 5 rings (SSSR count). The minimum atomic E-state index is 0.677. The molecule has 0 saturated heterocycles. The first-order chi connectivity index (χ1) is 8.31. The van der Waals surface area contributed by atoms with E-state index in [1.54, 1.807) is 19.3 Å². The lowest BCUT2D eigenvalue weighted by Crippen LogP contribution is -2.47. The van der Waals surface area contributed by atoms with Crippen molar-refractivity contribution in [2.45, 2.75) is 44.9 Å². The Morgan fingerprint density at radius 3 is 2.00 bits per heavy atom. The zero-order chi connectivity index (χ0) is 11.3. The molecule has 4 aliphatic rings. The van der Waals surface area contributed by atoms with Crippen LogP contribution in [-0.2, 0) is 6.42 Å². The molecule has 0 aromatic carbocycles. The van der Waals surface area contributed by atoms with Gasteiger partial charge in [-0.15, -0.1) is 0 Å². The van der Waals surface area contributed by atoms with Crippen molar-refractivity contribution in [3.8, 4) is 0 Å². The fourth-order valence-corrected chi connectivity index (χ4v) is 5.44. The first-order valence-electron chi connectivity index (χ1n) is 7.20. The second-order valence-electron chi connectivity index (χ2n) is 6.95. The van der Waals surface area contributed by atoms with E-state index in [1.807, 2.05) is 12.4 Å². The van der Waals surface area contributed by atoms with Crippen LogP contribution in [0.15, 0.2) is 24.5 Å². The van der Waals surface area contributed by atoms with Gasteiger partial charge in [0.15, 0.2) is 0 Å². The average molecular weight is 227 g/mol. The number of nitrogens with zero attached hydrogens (tertiary/aromatic N) is 1. The predicted molar refractivity (Wildman–Crippen MR) is 68.5 cm³/mol. The highest BCUT2D eigenvalue weighted by Crippen LogP contribution is 2.60. The first-order valence-corrected chi connectivity index (χ1v) is 7.20. The summed E-state index contributed by atoms with van der Waals surface area (Å²) in [6.45, 7) is 0. The molecule has 0 spiro atoms. The SMILES string of the molecule is c1cc(CC23CC4CC(CC(C4)C2)C3)ccn1. The van der Waals surface area contributed by atoms with Crippen LogP contribution in [0.1, 0.15) is 44.1 Å². The van der Waals surface area contributed by atoms with Crippen LogP contribution < -0.4 is 0 Å². The third kappa shape index (κ3) is 1.71. The number of hydrogen-bond donors (Lipinski definition) is 0. The smallest absolute Gasteiger partial charge is 0.0270 e. The van der Waals surface area contributed by atoms with Crippen LogP contribution in [0.2, 0.25) is 0 Å². The number of pyridine rings is 1. The number of aromatic nitrogens is 1. The molecule has 1 heteroatoms. The molecule has 4 aliphatic carbocycles. The molecule has 0 aliphatic heterocycles. The van der Waals surface area contributed by atoms with E-state index in [1.165, 1.54) is 31.2 Å². The fraction of sp³-hybridized carbons (Fsp3) is 0.688. The molecule has 1 aromatic rings. The van der Waals surface area contributed by atoms with E-state index in [9.17, 15) is 0 Å². The molecule has 1 heterocycles. The summed E-state index contributed by atoms with van der Waals surface area (Å²) in [4.78, 5) is 4.14. The van der Waals surface area contributed by atoms with Gasteiger partial charge in [0.1, 0.15) is 0 Å². The van der Waals surface area contributed by atoms with Crippen molar-refractivity contribution < 1.29 is 0 Å². The van der Waals surface area contributed by atoms with E-state index in [0.29, 0.717) is 5.41 Å². The van der Waals surface area contributed by atoms with E-state index in [-0.39, 0.29) is 0 Å². The van der Waals surface area contributed by atoms with Crippen molar-refractivity contribution in [1.29, 1.82) is 0 Å². The van der Waals surface area contributed by atoms with E-state index >= 15 is 0 Å². The molecule has 0 amide bonds. The van der Waals surface area contributed by atoms with Crippen LogP contribution >= 0.6 is 0 Å². The lowest BCUT2D eigenvalue weighted by Gasteiger charge is -2.57. The Bertz CT molecular complexity index is 374. The quantitative estimate of drug-likeness (QED) is 0.748. The Labute approximate surface area is 104 Å². The van der Waals surface area contributed by atoms with Crippen LogP contribution in [0.3, 0.4) is 0 Å². The third-order valence-electron chi connectivity index (χ3n) is 5.49. The minimum Gasteiger partial charge on any atom is -0.265 e. The molecule has 0 atom stereocenters. The zero-order valence-electron chi connectivity index (χ0n) is 10.4. The zero-order valence-corrected chi connectivity index (χ0v) is 10.4. The molecule has 1 aromatic heterocycles. The summed E-state index contributed by atoms with van der Waals surface area (Å²) in [5, 5.41) is 0. The van der Waals surface area contributed by atoms with Gasteiger partial charge in [0.25, 0.3) is 0 Å². The number of rotatable bonds is 2. The summed E-state index contributed by atoms with van der Waals surface area (Å²) in [6.07, 6.45) is 14.4. The van der Waals surface area contributed by atoms with Gasteiger partial charge in [0.05, 0.1) is 0 Å². The highest BCUT2D eigenvalue weighted by molar-refractivity contribution is 5.15. The van der Waals surface area contributed by atoms with Gasteiger partial charge in [-0.25, -0.2) is 0 Å². The van der Waals surface area contributed by atoms with Crippen LogP contribution in [0.4, 0.5) is 0 Å². The Kier molecular flexibility index (Phi) is 2.12. The molecule has 0 N–H and O–H groups in total. The van der Waals surface area contributed by atoms with Gasteiger partial charge in [-0.2, -0.15) is 0 Å². The van der Waals surface area contributed by atoms with Gasteiger partial charge < -0.3 is 0 Å². The van der Waals surface area contributed by atoms with Crippen molar-refractivity contribution in [3.63, 3.8) is 0 Å². The van der Waals surface area contributed by atoms with Crippen LogP contribution in [-0.4, -0.2) is 4.98 Å². The van der Waals surface area contributed by atoms with E-state index in [4.69, 9.17) is 0 Å². The summed E-state index contributed by atoms with van der Waals surface area (Å²) >= 11 is 0. The Hall–Kier alpha value is -0.850. The molecule has 4 saturated carbocycles. The van der Waals surface area contributed by atoms with Crippen molar-refractivity contribution in [2.24, 2.45) is 23.2 Å². The summed E-state index contributed by atoms with van der Waals surface area (Å²) in [5.41, 5.74) is 2.19. The standard InChI is InChI=1S/C16H21N/c1-3-17-4-2-12(1)8-16-9-13-5-14(10-16)7-15(6-13)11-16/h1-4,13-15H,5-11H2. The van der Waals surface area contributed by atoms with Gasteiger partial charge in [-0.3, -0.25) is 4.98 Å². The lowest BCUT2D eigenvalue weighted by molar-refractivity contribution is -0.0521. The third-order valence-corrected chi connectivity index (χ3v) is 5.49. The fourth-order valence-electron chi connectivity index (χ4n) is 5.44. The van der Waals surface area contributed by atoms with E-state index < -0.39 is 0 Å². The average Bonchev–Trinajstić information content (AvgIpc) is 2.27. The topological polar surface area (TPSA) is 12.9 Å². The van der Waals surface area contributed by atoms with E-state index in [2.05, 4.69) is 17.1 Å². The van der Waals surface area contributed by atoms with Crippen molar-refractivity contribution >= 4 is 0 Å². The Balaban J connectivity index is 1.61. The van der Waals surface area contributed by atoms with Crippen LogP contribution in [0, 0.1) is 23.2 Å². The maximum atomic E-state index is 4.14. The Morgan fingerprint density at radius 1 is 0.941 bits per heavy atom. The maximum absolute atomic E-state index is 4.14. The molecular weight excluding hydrogens is 206 g/mol. The van der Waals surface area contributed by atoms with E-state index in [0.717, 1.165) is 17.8 Å². The first kappa shape index (κ1) is 10.1. The summed E-state index contributed by atoms with van der Waals surface area (Å²) in [7, 11) is 0. The number of hydrogen-bond acceptors (Lipinski definition) is 1. The second kappa shape index (κ2) is 3.57. The minimum absolute atomic E-state index is 0.677. The largest absolute Gasteiger partial charge is 0.265 e. The molecule has 4 fully saturated rings. The van der Waals surface area contributed by atoms with Gasteiger partial charge in [0.2, 0.25) is 0 Å². The maximum Gasteiger partial charge on any atom is 0.0270 e. The van der Waals surface area contributed by atoms with Gasteiger partial charge in [0, 0.05) is 12.4 Å². The molecule has 17 heavy (non-hydrogen) atoms. The van der Waals surface area contributed by atoms with Crippen molar-refractivity contribution in [2.75, 3.05) is 0 Å². The van der Waals surface area contributed by atoms with Crippen molar-refractivity contribution in [1.82, 2.24) is 4.98 Å². The molecule has 0 unspecified atom stereocenters. The molecule has 1 nitrogen and oxygen atoms in total.